The Morgan fingerprint density at radius 3 is 2.94 bits per heavy atom. The van der Waals surface area contributed by atoms with Gasteiger partial charge in [-0.1, -0.05) is 18.7 Å². The summed E-state index contributed by atoms with van der Waals surface area (Å²) in [6, 6.07) is 6.58. The lowest BCUT2D eigenvalue weighted by Gasteiger charge is -2.04. The van der Waals surface area contributed by atoms with Crippen LogP contribution < -0.4 is 5.32 Å². The van der Waals surface area contributed by atoms with Gasteiger partial charge >= 0.3 is 0 Å². The number of halogens is 1. The van der Waals surface area contributed by atoms with E-state index in [4.69, 9.17) is 0 Å². The first-order valence-corrected chi connectivity index (χ1v) is 4.93. The Labute approximate surface area is 93.2 Å². The van der Waals surface area contributed by atoms with E-state index in [0.717, 1.165) is 5.56 Å². The summed E-state index contributed by atoms with van der Waals surface area (Å²) in [6.07, 6.45) is 5.16. The van der Waals surface area contributed by atoms with Crippen LogP contribution in [0.2, 0.25) is 0 Å². The minimum absolute atomic E-state index is 0.251. The van der Waals surface area contributed by atoms with Crippen LogP contribution in [0.15, 0.2) is 43.2 Å². The van der Waals surface area contributed by atoms with Gasteiger partial charge in [0.05, 0.1) is 11.9 Å². The average Bonchev–Trinajstić information content (AvgIpc) is 2.76. The van der Waals surface area contributed by atoms with Crippen molar-refractivity contribution in [2.45, 2.75) is 6.54 Å². The van der Waals surface area contributed by atoms with Crippen molar-refractivity contribution >= 4 is 11.9 Å². The summed E-state index contributed by atoms with van der Waals surface area (Å²) in [5.74, 6) is -0.251. The first-order chi connectivity index (χ1) is 7.79. The molecule has 0 aliphatic rings. The quantitative estimate of drug-likeness (QED) is 0.853. The number of rotatable bonds is 4. The van der Waals surface area contributed by atoms with Crippen LogP contribution in [0, 0.1) is 5.82 Å². The molecular formula is C12H12FN3. The second-order valence-corrected chi connectivity index (χ2v) is 3.34. The highest BCUT2D eigenvalue weighted by Gasteiger charge is 2.00. The second-order valence-electron chi connectivity index (χ2n) is 3.34. The lowest BCUT2D eigenvalue weighted by molar-refractivity contribution is 0.630. The second kappa shape index (κ2) is 4.61. The Bertz CT molecular complexity index is 491. The van der Waals surface area contributed by atoms with Crippen LogP contribution >= 0.6 is 0 Å². The monoisotopic (exact) mass is 217 g/mol. The number of hydrogen-bond donors (Lipinski definition) is 1. The summed E-state index contributed by atoms with van der Waals surface area (Å²) < 4.78 is 14.9. The zero-order chi connectivity index (χ0) is 11.4. The minimum atomic E-state index is -0.251. The van der Waals surface area contributed by atoms with Crippen LogP contribution in [0.1, 0.15) is 5.56 Å². The molecule has 1 heterocycles. The predicted octanol–water partition coefficient (Wildman–Crippen LogP) is 2.73. The van der Waals surface area contributed by atoms with Gasteiger partial charge in [0.25, 0.3) is 0 Å². The molecule has 0 atom stereocenters. The van der Waals surface area contributed by atoms with Gasteiger partial charge in [0.15, 0.2) is 0 Å². The number of benzene rings is 1. The van der Waals surface area contributed by atoms with Gasteiger partial charge in [-0.05, 0) is 12.1 Å². The van der Waals surface area contributed by atoms with E-state index in [-0.39, 0.29) is 5.82 Å². The Morgan fingerprint density at radius 2 is 2.25 bits per heavy atom. The molecule has 0 unspecified atom stereocenters. The molecule has 82 valence electrons. The normalized spacial score (nSPS) is 10.1. The van der Waals surface area contributed by atoms with E-state index in [1.807, 2.05) is 6.20 Å². The molecule has 1 N–H and O–H groups in total. The Morgan fingerprint density at radius 1 is 1.44 bits per heavy atom. The van der Waals surface area contributed by atoms with Gasteiger partial charge in [-0.25, -0.2) is 9.07 Å². The fourth-order valence-corrected chi connectivity index (χ4v) is 1.37. The van der Waals surface area contributed by atoms with Crippen LogP contribution in [0.25, 0.3) is 6.20 Å². The molecule has 0 saturated carbocycles. The smallest absolute Gasteiger partial charge is 0.146 e. The molecule has 0 aliphatic heterocycles. The maximum Gasteiger partial charge on any atom is 0.146 e. The summed E-state index contributed by atoms with van der Waals surface area (Å²) in [5.41, 5.74) is 1.47. The zero-order valence-corrected chi connectivity index (χ0v) is 8.73. The highest BCUT2D eigenvalue weighted by atomic mass is 19.1. The van der Waals surface area contributed by atoms with Gasteiger partial charge in [0.2, 0.25) is 0 Å². The third-order valence-electron chi connectivity index (χ3n) is 2.20. The van der Waals surface area contributed by atoms with Gasteiger partial charge in [0.1, 0.15) is 5.82 Å². The molecule has 4 heteroatoms. The molecule has 1 aromatic heterocycles. The standard InChI is InChI=1S/C12H12FN3/c1-2-16-9-10(8-15-16)7-14-12-6-4-3-5-11(12)13/h2-6,8-9,14H,1,7H2. The van der Waals surface area contributed by atoms with Crippen molar-refractivity contribution < 1.29 is 4.39 Å². The molecule has 1 aromatic carbocycles. The van der Waals surface area contributed by atoms with Crippen molar-refractivity contribution in [2.75, 3.05) is 5.32 Å². The zero-order valence-electron chi connectivity index (χ0n) is 8.73. The maximum absolute atomic E-state index is 13.3. The van der Waals surface area contributed by atoms with Crippen molar-refractivity contribution in [1.29, 1.82) is 0 Å². The Balaban J connectivity index is 2.02. The van der Waals surface area contributed by atoms with Gasteiger partial charge in [0, 0.05) is 24.5 Å². The van der Waals surface area contributed by atoms with E-state index >= 15 is 0 Å². The number of nitrogens with one attached hydrogen (secondary N) is 1. The summed E-state index contributed by atoms with van der Waals surface area (Å²) in [5, 5.41) is 7.04. The highest BCUT2D eigenvalue weighted by molar-refractivity contribution is 5.44. The molecule has 0 bridgehead atoms. The van der Waals surface area contributed by atoms with E-state index in [2.05, 4.69) is 17.0 Å². The van der Waals surface area contributed by atoms with Crippen molar-refractivity contribution in [2.24, 2.45) is 0 Å². The van der Waals surface area contributed by atoms with E-state index < -0.39 is 0 Å². The van der Waals surface area contributed by atoms with Gasteiger partial charge < -0.3 is 5.32 Å². The molecule has 2 aromatic rings. The van der Waals surface area contributed by atoms with Gasteiger partial charge in [-0.15, -0.1) is 0 Å². The number of nitrogens with zero attached hydrogens (tertiary/aromatic N) is 2. The number of hydrogen-bond acceptors (Lipinski definition) is 2. The molecule has 0 aliphatic carbocycles. The van der Waals surface area contributed by atoms with Crippen LogP contribution in [0.5, 0.6) is 0 Å². The summed E-state index contributed by atoms with van der Waals surface area (Å²) in [7, 11) is 0. The molecule has 0 saturated heterocycles. The number of aromatic nitrogens is 2. The molecular weight excluding hydrogens is 205 g/mol. The van der Waals surface area contributed by atoms with E-state index in [1.165, 1.54) is 6.07 Å². The molecule has 0 radical (unpaired) electrons. The number of para-hydroxylation sites is 1. The average molecular weight is 217 g/mol. The van der Waals surface area contributed by atoms with Crippen LogP contribution in [0.4, 0.5) is 10.1 Å². The van der Waals surface area contributed by atoms with E-state index in [9.17, 15) is 4.39 Å². The molecule has 16 heavy (non-hydrogen) atoms. The van der Waals surface area contributed by atoms with Crippen molar-refractivity contribution in [3.05, 3.63) is 54.6 Å². The fraction of sp³-hybridized carbons (Fsp3) is 0.0833. The highest BCUT2D eigenvalue weighted by Crippen LogP contribution is 2.13. The van der Waals surface area contributed by atoms with Crippen LogP contribution in [-0.4, -0.2) is 9.78 Å². The maximum atomic E-state index is 13.3. The number of anilines is 1. The van der Waals surface area contributed by atoms with Crippen molar-refractivity contribution in [1.82, 2.24) is 9.78 Å². The van der Waals surface area contributed by atoms with Crippen LogP contribution in [0.3, 0.4) is 0 Å². The molecule has 2 rings (SSSR count). The first kappa shape index (κ1) is 10.4. The summed E-state index contributed by atoms with van der Waals surface area (Å²) in [6.45, 7) is 4.13. The van der Waals surface area contributed by atoms with Crippen molar-refractivity contribution in [3.63, 3.8) is 0 Å². The molecule has 3 nitrogen and oxygen atoms in total. The van der Waals surface area contributed by atoms with E-state index in [1.54, 1.807) is 35.3 Å². The Hall–Kier alpha value is -2.10. The SMILES string of the molecule is C=Cn1cc(CNc2ccccc2F)cn1. The van der Waals surface area contributed by atoms with E-state index in [0.29, 0.717) is 12.2 Å². The first-order valence-electron chi connectivity index (χ1n) is 4.93. The molecule has 0 amide bonds. The topological polar surface area (TPSA) is 29.9 Å². The largest absolute Gasteiger partial charge is 0.378 e. The minimum Gasteiger partial charge on any atom is -0.378 e. The summed E-state index contributed by atoms with van der Waals surface area (Å²) >= 11 is 0. The molecule has 0 fully saturated rings. The lowest BCUT2D eigenvalue weighted by Crippen LogP contribution is -2.00. The third kappa shape index (κ3) is 2.28. The predicted molar refractivity (Wildman–Crippen MR) is 62.3 cm³/mol. The molecule has 0 spiro atoms. The van der Waals surface area contributed by atoms with Gasteiger partial charge in [-0.3, -0.25) is 0 Å². The fourth-order valence-electron chi connectivity index (χ4n) is 1.37. The van der Waals surface area contributed by atoms with Crippen molar-refractivity contribution in [3.8, 4) is 0 Å². The van der Waals surface area contributed by atoms with Gasteiger partial charge in [-0.2, -0.15) is 5.10 Å². The Kier molecular flexibility index (Phi) is 3.00. The lowest BCUT2D eigenvalue weighted by atomic mass is 10.3. The summed E-state index contributed by atoms with van der Waals surface area (Å²) in [4.78, 5) is 0. The van der Waals surface area contributed by atoms with Crippen LogP contribution in [-0.2, 0) is 6.54 Å². The third-order valence-corrected chi connectivity index (χ3v) is 2.20.